The summed E-state index contributed by atoms with van der Waals surface area (Å²) < 4.78 is 15.1. The summed E-state index contributed by atoms with van der Waals surface area (Å²) in [6, 6.07) is 15.9. The summed E-state index contributed by atoms with van der Waals surface area (Å²) in [6.45, 7) is -0.311. The third-order valence-electron chi connectivity index (χ3n) is 2.96. The molecule has 0 unspecified atom stereocenters. The Hall–Kier alpha value is -3.35. The molecule has 0 saturated heterocycles. The van der Waals surface area contributed by atoms with E-state index in [9.17, 15) is 9.59 Å². The fraction of sp³-hybridized carbons (Fsp3) is 0.167. The molecule has 7 heteroatoms. The summed E-state index contributed by atoms with van der Waals surface area (Å²) in [5, 5.41) is 3.85. The van der Waals surface area contributed by atoms with Crippen molar-refractivity contribution < 1.29 is 23.8 Å². The lowest BCUT2D eigenvalue weighted by molar-refractivity contribution is -0.142. The molecule has 0 aliphatic heterocycles. The lowest BCUT2D eigenvalue weighted by atomic mass is 10.2. The van der Waals surface area contributed by atoms with Crippen LogP contribution in [0.1, 0.15) is 5.56 Å². The van der Waals surface area contributed by atoms with Gasteiger partial charge in [-0.2, -0.15) is 5.10 Å². The normalized spacial score (nSPS) is 10.3. The molecule has 1 amide bonds. The molecule has 0 atom stereocenters. The van der Waals surface area contributed by atoms with E-state index in [1.54, 1.807) is 36.4 Å². The number of rotatable bonds is 8. The molecule has 7 nitrogen and oxygen atoms in total. The Morgan fingerprint density at radius 3 is 2.48 bits per heavy atom. The minimum atomic E-state index is -0.468. The third-order valence-corrected chi connectivity index (χ3v) is 2.96. The average Bonchev–Trinajstić information content (AvgIpc) is 2.65. The van der Waals surface area contributed by atoms with Crippen molar-refractivity contribution in [1.82, 2.24) is 5.43 Å². The summed E-state index contributed by atoms with van der Waals surface area (Å²) in [4.78, 5) is 22.7. The Balaban J connectivity index is 1.79. The topological polar surface area (TPSA) is 86.2 Å². The molecular formula is C18H18N2O5. The maximum Gasteiger partial charge on any atom is 0.343 e. The number of amides is 1. The number of carbonyl (C=O) groups excluding carboxylic acids is 2. The van der Waals surface area contributed by atoms with Crippen LogP contribution in [0.4, 0.5) is 0 Å². The van der Waals surface area contributed by atoms with Crippen molar-refractivity contribution in [1.29, 1.82) is 0 Å². The Morgan fingerprint density at radius 2 is 1.72 bits per heavy atom. The molecule has 130 valence electrons. The average molecular weight is 342 g/mol. The minimum absolute atomic E-state index is 0.135. The molecule has 0 fully saturated rings. The number of ether oxygens (including phenoxy) is 3. The maximum absolute atomic E-state index is 11.7. The zero-order valence-corrected chi connectivity index (χ0v) is 13.7. The second-order valence-electron chi connectivity index (χ2n) is 4.83. The van der Waals surface area contributed by atoms with Gasteiger partial charge in [-0.3, -0.25) is 4.79 Å². The van der Waals surface area contributed by atoms with Crippen molar-refractivity contribution in [2.75, 3.05) is 20.3 Å². The second kappa shape index (κ2) is 9.71. The van der Waals surface area contributed by atoms with Crippen LogP contribution in [0.2, 0.25) is 0 Å². The quantitative estimate of drug-likeness (QED) is 0.449. The van der Waals surface area contributed by atoms with Crippen LogP contribution in [0.3, 0.4) is 0 Å². The van der Waals surface area contributed by atoms with Crippen molar-refractivity contribution in [2.45, 2.75) is 0 Å². The number of para-hydroxylation sites is 1. The van der Waals surface area contributed by atoms with E-state index in [4.69, 9.17) is 9.47 Å². The van der Waals surface area contributed by atoms with Gasteiger partial charge in [0, 0.05) is 0 Å². The number of hydrazone groups is 1. The molecule has 0 radical (unpaired) electrons. The summed E-state index contributed by atoms with van der Waals surface area (Å²) in [7, 11) is 1.29. The number of methoxy groups -OCH3 is 1. The van der Waals surface area contributed by atoms with Crippen LogP contribution in [0.25, 0.3) is 0 Å². The molecule has 2 rings (SSSR count). The van der Waals surface area contributed by atoms with Crippen LogP contribution in [0, 0.1) is 0 Å². The van der Waals surface area contributed by atoms with E-state index in [0.717, 1.165) is 0 Å². The van der Waals surface area contributed by atoms with E-state index < -0.39 is 5.97 Å². The van der Waals surface area contributed by atoms with Crippen LogP contribution >= 0.6 is 0 Å². The highest BCUT2D eigenvalue weighted by molar-refractivity contribution is 5.83. The van der Waals surface area contributed by atoms with Gasteiger partial charge in [-0.05, 0) is 29.8 Å². The van der Waals surface area contributed by atoms with Crippen molar-refractivity contribution in [3.8, 4) is 11.5 Å². The molecule has 0 aliphatic carbocycles. The van der Waals surface area contributed by atoms with Crippen LogP contribution in [-0.2, 0) is 14.3 Å². The highest BCUT2D eigenvalue weighted by Crippen LogP contribution is 2.12. The molecule has 0 saturated carbocycles. The summed E-state index contributed by atoms with van der Waals surface area (Å²) >= 11 is 0. The van der Waals surface area contributed by atoms with Crippen LogP contribution in [0.5, 0.6) is 11.5 Å². The van der Waals surface area contributed by atoms with Gasteiger partial charge in [0.25, 0.3) is 5.91 Å². The van der Waals surface area contributed by atoms with Gasteiger partial charge in [-0.15, -0.1) is 0 Å². The number of nitrogens with one attached hydrogen (secondary N) is 1. The lowest BCUT2D eigenvalue weighted by Crippen LogP contribution is -2.24. The summed E-state index contributed by atoms with van der Waals surface area (Å²) in [5.41, 5.74) is 3.07. The summed E-state index contributed by atoms with van der Waals surface area (Å²) in [5.74, 6) is 0.258. The van der Waals surface area contributed by atoms with E-state index >= 15 is 0 Å². The van der Waals surface area contributed by atoms with Crippen molar-refractivity contribution in [3.05, 3.63) is 60.2 Å². The number of hydrogen-bond donors (Lipinski definition) is 1. The van der Waals surface area contributed by atoms with Gasteiger partial charge in [0.05, 0.1) is 13.3 Å². The fourth-order valence-corrected chi connectivity index (χ4v) is 1.76. The van der Waals surface area contributed by atoms with Gasteiger partial charge < -0.3 is 14.2 Å². The SMILES string of the molecule is COC(=O)COc1cccc(/C=N\NC(=O)COc2ccccc2)c1. The predicted octanol–water partition coefficient (Wildman–Crippen LogP) is 1.77. The molecule has 1 N–H and O–H groups in total. The molecule has 0 heterocycles. The first-order valence-electron chi connectivity index (χ1n) is 7.47. The molecule has 2 aromatic carbocycles. The number of carbonyl (C=O) groups is 2. The number of esters is 1. The first-order valence-corrected chi connectivity index (χ1v) is 7.47. The van der Waals surface area contributed by atoms with Crippen LogP contribution in [-0.4, -0.2) is 38.4 Å². The van der Waals surface area contributed by atoms with Gasteiger partial charge in [-0.25, -0.2) is 10.2 Å². The van der Waals surface area contributed by atoms with Gasteiger partial charge in [-0.1, -0.05) is 30.3 Å². The van der Waals surface area contributed by atoms with Gasteiger partial charge >= 0.3 is 5.97 Å². The monoisotopic (exact) mass is 342 g/mol. The molecule has 2 aromatic rings. The third kappa shape index (κ3) is 6.74. The number of hydrogen-bond acceptors (Lipinski definition) is 6. The highest BCUT2D eigenvalue weighted by Gasteiger charge is 2.03. The van der Waals surface area contributed by atoms with Crippen molar-refractivity contribution >= 4 is 18.1 Å². The second-order valence-corrected chi connectivity index (χ2v) is 4.83. The van der Waals surface area contributed by atoms with E-state index in [1.807, 2.05) is 18.2 Å². The molecule has 25 heavy (non-hydrogen) atoms. The van der Waals surface area contributed by atoms with Crippen LogP contribution in [0.15, 0.2) is 59.7 Å². The summed E-state index contributed by atoms with van der Waals surface area (Å²) in [6.07, 6.45) is 1.46. The van der Waals surface area contributed by atoms with Gasteiger partial charge in [0.15, 0.2) is 13.2 Å². The zero-order chi connectivity index (χ0) is 17.9. The largest absolute Gasteiger partial charge is 0.484 e. The van der Waals surface area contributed by atoms with E-state index in [0.29, 0.717) is 17.1 Å². The van der Waals surface area contributed by atoms with Crippen LogP contribution < -0.4 is 14.9 Å². The molecule has 0 spiro atoms. The molecule has 0 aliphatic rings. The molecule has 0 aromatic heterocycles. The minimum Gasteiger partial charge on any atom is -0.484 e. The Kier molecular flexibility index (Phi) is 6.99. The predicted molar refractivity (Wildman–Crippen MR) is 91.6 cm³/mol. The van der Waals surface area contributed by atoms with Crippen molar-refractivity contribution in [2.24, 2.45) is 5.10 Å². The maximum atomic E-state index is 11.7. The first kappa shape index (κ1) is 18.0. The Bertz CT molecular complexity index is 731. The Morgan fingerprint density at radius 1 is 1.00 bits per heavy atom. The van der Waals surface area contributed by atoms with E-state index in [2.05, 4.69) is 15.3 Å². The number of benzene rings is 2. The molecule has 0 bridgehead atoms. The van der Waals surface area contributed by atoms with E-state index in [-0.39, 0.29) is 19.1 Å². The smallest absolute Gasteiger partial charge is 0.343 e. The highest BCUT2D eigenvalue weighted by atomic mass is 16.6. The Labute approximate surface area is 145 Å². The van der Waals surface area contributed by atoms with Gasteiger partial charge in [0.1, 0.15) is 11.5 Å². The number of nitrogens with zero attached hydrogens (tertiary/aromatic N) is 1. The zero-order valence-electron chi connectivity index (χ0n) is 13.7. The fourth-order valence-electron chi connectivity index (χ4n) is 1.76. The standard InChI is InChI=1S/C18H18N2O5/c1-23-18(22)13-25-16-9-5-6-14(10-16)11-19-20-17(21)12-24-15-7-3-2-4-8-15/h2-11H,12-13H2,1H3,(H,20,21)/b19-11-. The molecular weight excluding hydrogens is 324 g/mol. The van der Waals surface area contributed by atoms with E-state index in [1.165, 1.54) is 13.3 Å². The first-order chi connectivity index (χ1) is 12.2. The lowest BCUT2D eigenvalue weighted by Gasteiger charge is -2.05. The van der Waals surface area contributed by atoms with Gasteiger partial charge in [0.2, 0.25) is 0 Å². The van der Waals surface area contributed by atoms with Crippen molar-refractivity contribution in [3.63, 3.8) is 0 Å².